The highest BCUT2D eigenvalue weighted by Gasteiger charge is 2.14. The van der Waals surface area contributed by atoms with Crippen LogP contribution in [0.4, 0.5) is 0 Å². The number of nitriles is 1. The third-order valence-corrected chi connectivity index (χ3v) is 3.15. The Morgan fingerprint density at radius 2 is 2.16 bits per heavy atom. The summed E-state index contributed by atoms with van der Waals surface area (Å²) in [7, 11) is 2.07. The van der Waals surface area contributed by atoms with Crippen molar-refractivity contribution in [2.75, 3.05) is 26.8 Å². The van der Waals surface area contributed by atoms with Gasteiger partial charge in [-0.3, -0.25) is 0 Å². The van der Waals surface area contributed by atoms with E-state index in [0.29, 0.717) is 5.56 Å². The van der Waals surface area contributed by atoms with Crippen LogP contribution in [0.5, 0.6) is 0 Å². The van der Waals surface area contributed by atoms with Crippen LogP contribution in [0, 0.1) is 11.3 Å². The molecule has 0 radical (unpaired) electrons. The second-order valence-electron chi connectivity index (χ2n) is 4.86. The summed E-state index contributed by atoms with van der Waals surface area (Å²) < 4.78 is 11.0. The molecule has 1 heterocycles. The van der Waals surface area contributed by atoms with Gasteiger partial charge < -0.3 is 14.4 Å². The second-order valence-corrected chi connectivity index (χ2v) is 4.86. The van der Waals surface area contributed by atoms with Gasteiger partial charge in [0, 0.05) is 19.5 Å². The lowest BCUT2D eigenvalue weighted by molar-refractivity contribution is -0.182. The van der Waals surface area contributed by atoms with Crippen molar-refractivity contribution in [2.45, 2.75) is 25.7 Å². The van der Waals surface area contributed by atoms with E-state index < -0.39 is 0 Å². The van der Waals surface area contributed by atoms with E-state index in [-0.39, 0.29) is 6.29 Å². The molecular formula is C15H20N2O2. The Kier molecular flexibility index (Phi) is 5.34. The van der Waals surface area contributed by atoms with Gasteiger partial charge in [0.15, 0.2) is 6.29 Å². The molecule has 1 saturated heterocycles. The highest BCUT2D eigenvalue weighted by molar-refractivity contribution is 5.32. The van der Waals surface area contributed by atoms with Gasteiger partial charge in [-0.05, 0) is 31.2 Å². The molecule has 0 bridgehead atoms. The van der Waals surface area contributed by atoms with Crippen molar-refractivity contribution >= 4 is 0 Å². The summed E-state index contributed by atoms with van der Waals surface area (Å²) in [5.41, 5.74) is 1.87. The van der Waals surface area contributed by atoms with Crippen molar-refractivity contribution < 1.29 is 9.47 Å². The maximum Gasteiger partial charge on any atom is 0.158 e. The van der Waals surface area contributed by atoms with E-state index in [1.165, 1.54) is 0 Å². The Morgan fingerprint density at radius 1 is 1.37 bits per heavy atom. The molecule has 0 aliphatic carbocycles. The maximum atomic E-state index is 8.87. The van der Waals surface area contributed by atoms with Crippen LogP contribution in [0.2, 0.25) is 0 Å². The summed E-state index contributed by atoms with van der Waals surface area (Å²) >= 11 is 0. The van der Waals surface area contributed by atoms with Gasteiger partial charge in [0.1, 0.15) is 0 Å². The number of rotatable bonds is 5. The number of nitrogens with zero attached hydrogens (tertiary/aromatic N) is 2. The molecule has 0 spiro atoms. The topological polar surface area (TPSA) is 45.5 Å². The Bertz CT molecular complexity index is 436. The van der Waals surface area contributed by atoms with E-state index in [9.17, 15) is 0 Å². The zero-order chi connectivity index (χ0) is 13.5. The summed E-state index contributed by atoms with van der Waals surface area (Å²) in [6.45, 7) is 3.36. The molecule has 1 fully saturated rings. The van der Waals surface area contributed by atoms with Crippen LogP contribution >= 0.6 is 0 Å². The van der Waals surface area contributed by atoms with E-state index in [2.05, 4.69) is 18.0 Å². The molecule has 1 aliphatic heterocycles. The quantitative estimate of drug-likeness (QED) is 0.813. The van der Waals surface area contributed by atoms with Crippen molar-refractivity contribution in [1.82, 2.24) is 4.90 Å². The molecule has 4 nitrogen and oxygen atoms in total. The Labute approximate surface area is 114 Å². The molecule has 0 amide bonds. The van der Waals surface area contributed by atoms with Gasteiger partial charge in [-0.2, -0.15) is 5.26 Å². The first-order valence-corrected chi connectivity index (χ1v) is 6.69. The normalized spacial score (nSPS) is 16.5. The summed E-state index contributed by atoms with van der Waals surface area (Å²) in [6, 6.07) is 9.90. The molecule has 102 valence electrons. The van der Waals surface area contributed by atoms with Gasteiger partial charge in [-0.25, -0.2) is 0 Å². The molecule has 2 rings (SSSR count). The number of benzene rings is 1. The molecule has 0 atom stereocenters. The minimum absolute atomic E-state index is 0.0540. The molecule has 4 heteroatoms. The van der Waals surface area contributed by atoms with Gasteiger partial charge in [0.05, 0.1) is 24.8 Å². The zero-order valence-electron chi connectivity index (χ0n) is 11.3. The zero-order valence-corrected chi connectivity index (χ0v) is 11.3. The monoisotopic (exact) mass is 260 g/mol. The predicted octanol–water partition coefficient (Wildman–Crippen LogP) is 2.14. The summed E-state index contributed by atoms with van der Waals surface area (Å²) in [4.78, 5) is 2.22. The van der Waals surface area contributed by atoms with Crippen LogP contribution in [0.15, 0.2) is 24.3 Å². The second kappa shape index (κ2) is 7.25. The SMILES string of the molecule is CN(CCC1OCCCO1)Cc1cccc(C#N)c1. The van der Waals surface area contributed by atoms with E-state index in [1.54, 1.807) is 0 Å². The van der Waals surface area contributed by atoms with Crippen molar-refractivity contribution in [3.63, 3.8) is 0 Å². The van der Waals surface area contributed by atoms with Gasteiger partial charge in [0.2, 0.25) is 0 Å². The highest BCUT2D eigenvalue weighted by Crippen LogP contribution is 2.11. The summed E-state index contributed by atoms with van der Waals surface area (Å²) in [5, 5.41) is 8.87. The standard InChI is InChI=1S/C15H20N2O2/c1-17(7-6-15-18-8-3-9-19-15)12-14-5-2-4-13(10-14)11-16/h2,4-5,10,15H,3,6-9,12H2,1H3. The van der Waals surface area contributed by atoms with Crippen molar-refractivity contribution in [3.8, 4) is 6.07 Å². The van der Waals surface area contributed by atoms with Gasteiger partial charge in [0.25, 0.3) is 0 Å². The first kappa shape index (κ1) is 14.0. The maximum absolute atomic E-state index is 8.87. The average molecular weight is 260 g/mol. The van der Waals surface area contributed by atoms with Crippen molar-refractivity contribution in [3.05, 3.63) is 35.4 Å². The summed E-state index contributed by atoms with van der Waals surface area (Å²) in [6.07, 6.45) is 1.82. The number of hydrogen-bond acceptors (Lipinski definition) is 4. The van der Waals surface area contributed by atoms with Crippen LogP contribution < -0.4 is 0 Å². The van der Waals surface area contributed by atoms with E-state index in [1.807, 2.05) is 24.3 Å². The van der Waals surface area contributed by atoms with E-state index >= 15 is 0 Å². The molecular weight excluding hydrogens is 240 g/mol. The number of ether oxygens (including phenoxy) is 2. The molecule has 0 unspecified atom stereocenters. The Hall–Kier alpha value is -1.41. The smallest absolute Gasteiger partial charge is 0.158 e. The molecule has 0 aromatic heterocycles. The molecule has 0 saturated carbocycles. The molecule has 0 N–H and O–H groups in total. The minimum Gasteiger partial charge on any atom is -0.353 e. The first-order chi connectivity index (χ1) is 9.28. The molecule has 1 aliphatic rings. The fourth-order valence-electron chi connectivity index (χ4n) is 2.16. The number of hydrogen-bond donors (Lipinski definition) is 0. The molecule has 1 aromatic rings. The van der Waals surface area contributed by atoms with E-state index in [0.717, 1.165) is 44.7 Å². The average Bonchev–Trinajstić information content (AvgIpc) is 2.46. The van der Waals surface area contributed by atoms with Gasteiger partial charge >= 0.3 is 0 Å². The lowest BCUT2D eigenvalue weighted by atomic mass is 10.1. The highest BCUT2D eigenvalue weighted by atomic mass is 16.7. The van der Waals surface area contributed by atoms with Crippen LogP contribution in [0.25, 0.3) is 0 Å². The lowest BCUT2D eigenvalue weighted by Gasteiger charge is -2.25. The van der Waals surface area contributed by atoms with Crippen LogP contribution in [-0.2, 0) is 16.0 Å². The molecule has 19 heavy (non-hydrogen) atoms. The van der Waals surface area contributed by atoms with Crippen LogP contribution in [0.3, 0.4) is 0 Å². The Balaban J connectivity index is 1.77. The van der Waals surface area contributed by atoms with Gasteiger partial charge in [-0.15, -0.1) is 0 Å². The van der Waals surface area contributed by atoms with E-state index in [4.69, 9.17) is 14.7 Å². The predicted molar refractivity (Wildman–Crippen MR) is 72.4 cm³/mol. The van der Waals surface area contributed by atoms with Gasteiger partial charge in [-0.1, -0.05) is 12.1 Å². The Morgan fingerprint density at radius 3 is 2.89 bits per heavy atom. The minimum atomic E-state index is -0.0540. The fraction of sp³-hybridized carbons (Fsp3) is 0.533. The van der Waals surface area contributed by atoms with Crippen LogP contribution in [-0.4, -0.2) is 38.0 Å². The largest absolute Gasteiger partial charge is 0.353 e. The lowest BCUT2D eigenvalue weighted by Crippen LogP contribution is -2.29. The van der Waals surface area contributed by atoms with Crippen molar-refractivity contribution in [1.29, 1.82) is 5.26 Å². The third kappa shape index (κ3) is 4.64. The van der Waals surface area contributed by atoms with Crippen LogP contribution in [0.1, 0.15) is 24.0 Å². The van der Waals surface area contributed by atoms with Crippen molar-refractivity contribution in [2.24, 2.45) is 0 Å². The first-order valence-electron chi connectivity index (χ1n) is 6.69. The third-order valence-electron chi connectivity index (χ3n) is 3.15. The summed E-state index contributed by atoms with van der Waals surface area (Å²) in [5.74, 6) is 0. The molecule has 1 aromatic carbocycles. The fourth-order valence-corrected chi connectivity index (χ4v) is 2.16.